The molecule has 0 heterocycles. The standard InChI is InChI=1S/C18H12F2O/c19-14-6-4-5-13(11-14)17-10-9-16(12-18(17)20)21-15-7-2-1-3-8-15/h1-12H. The molecule has 0 radical (unpaired) electrons. The molecule has 0 atom stereocenters. The number of halogens is 2. The predicted octanol–water partition coefficient (Wildman–Crippen LogP) is 5.42. The quantitative estimate of drug-likeness (QED) is 0.623. The van der Waals surface area contributed by atoms with Gasteiger partial charge in [-0.25, -0.2) is 8.78 Å². The molecule has 0 N–H and O–H groups in total. The van der Waals surface area contributed by atoms with E-state index in [1.807, 2.05) is 18.2 Å². The highest BCUT2D eigenvalue weighted by molar-refractivity contribution is 5.65. The lowest BCUT2D eigenvalue weighted by Crippen LogP contribution is -1.89. The van der Waals surface area contributed by atoms with Gasteiger partial charge >= 0.3 is 0 Å². The molecule has 0 aliphatic heterocycles. The van der Waals surface area contributed by atoms with Gasteiger partial charge in [0.25, 0.3) is 0 Å². The molecule has 0 aliphatic rings. The molecule has 3 heteroatoms. The summed E-state index contributed by atoms with van der Waals surface area (Å²) in [5, 5.41) is 0. The van der Waals surface area contributed by atoms with Gasteiger partial charge in [-0.15, -0.1) is 0 Å². The molecule has 0 fully saturated rings. The summed E-state index contributed by atoms with van der Waals surface area (Å²) in [6, 6.07) is 19.5. The molecule has 0 unspecified atom stereocenters. The molecule has 1 nitrogen and oxygen atoms in total. The average molecular weight is 282 g/mol. The van der Waals surface area contributed by atoms with Gasteiger partial charge in [-0.3, -0.25) is 0 Å². The fourth-order valence-corrected chi connectivity index (χ4v) is 2.07. The lowest BCUT2D eigenvalue weighted by molar-refractivity contribution is 0.477. The predicted molar refractivity (Wildman–Crippen MR) is 78.3 cm³/mol. The van der Waals surface area contributed by atoms with Crippen molar-refractivity contribution in [3.05, 3.63) is 84.4 Å². The van der Waals surface area contributed by atoms with Crippen molar-refractivity contribution in [3.63, 3.8) is 0 Å². The lowest BCUT2D eigenvalue weighted by atomic mass is 10.0. The second kappa shape index (κ2) is 5.75. The summed E-state index contributed by atoms with van der Waals surface area (Å²) in [5.74, 6) is 0.194. The number of hydrogen-bond acceptors (Lipinski definition) is 1. The van der Waals surface area contributed by atoms with Gasteiger partial charge in [0.1, 0.15) is 23.1 Å². The normalized spacial score (nSPS) is 10.4. The van der Waals surface area contributed by atoms with Crippen LogP contribution in [0.1, 0.15) is 0 Å². The Hall–Kier alpha value is -2.68. The first-order valence-electron chi connectivity index (χ1n) is 6.51. The van der Waals surface area contributed by atoms with Crippen LogP contribution in [0.2, 0.25) is 0 Å². The summed E-state index contributed by atoms with van der Waals surface area (Å²) < 4.78 is 32.9. The van der Waals surface area contributed by atoms with E-state index >= 15 is 0 Å². The van der Waals surface area contributed by atoms with E-state index in [0.29, 0.717) is 22.6 Å². The fraction of sp³-hybridized carbons (Fsp3) is 0. The summed E-state index contributed by atoms with van der Waals surface area (Å²) in [4.78, 5) is 0. The Morgan fingerprint density at radius 3 is 2.19 bits per heavy atom. The molecule has 0 saturated heterocycles. The Labute approximate surface area is 121 Å². The van der Waals surface area contributed by atoms with E-state index in [-0.39, 0.29) is 0 Å². The molecule has 104 valence electrons. The molecule has 0 amide bonds. The van der Waals surface area contributed by atoms with Crippen LogP contribution >= 0.6 is 0 Å². The van der Waals surface area contributed by atoms with Gasteiger partial charge in [0.05, 0.1) is 0 Å². The third-order valence-electron chi connectivity index (χ3n) is 3.06. The van der Waals surface area contributed by atoms with Crippen molar-refractivity contribution < 1.29 is 13.5 Å². The zero-order chi connectivity index (χ0) is 14.7. The molecule has 0 aromatic heterocycles. The van der Waals surface area contributed by atoms with Gasteiger partial charge in [-0.05, 0) is 42.0 Å². The van der Waals surface area contributed by atoms with E-state index < -0.39 is 11.6 Å². The molecule has 0 bridgehead atoms. The van der Waals surface area contributed by atoms with Gasteiger partial charge in [0.15, 0.2) is 0 Å². The SMILES string of the molecule is Fc1cccc(-c2ccc(Oc3ccccc3)cc2F)c1. The van der Waals surface area contributed by atoms with Crippen molar-refractivity contribution in [1.29, 1.82) is 0 Å². The summed E-state index contributed by atoms with van der Waals surface area (Å²) in [5.41, 5.74) is 0.841. The maximum atomic E-state index is 14.2. The highest BCUT2D eigenvalue weighted by atomic mass is 19.1. The molecular formula is C18H12F2O. The Bertz CT molecular complexity index is 754. The van der Waals surface area contributed by atoms with Crippen molar-refractivity contribution in [2.75, 3.05) is 0 Å². The van der Waals surface area contributed by atoms with Crippen LogP contribution < -0.4 is 4.74 Å². The van der Waals surface area contributed by atoms with E-state index in [2.05, 4.69) is 0 Å². The molecule has 3 aromatic rings. The summed E-state index contributed by atoms with van der Waals surface area (Å²) in [6.45, 7) is 0. The highest BCUT2D eigenvalue weighted by Crippen LogP contribution is 2.29. The first kappa shape index (κ1) is 13.3. The third kappa shape index (κ3) is 3.08. The van der Waals surface area contributed by atoms with Crippen LogP contribution in [-0.2, 0) is 0 Å². The van der Waals surface area contributed by atoms with Gasteiger partial charge in [0.2, 0.25) is 0 Å². The zero-order valence-corrected chi connectivity index (χ0v) is 11.1. The van der Waals surface area contributed by atoms with Crippen LogP contribution in [0.4, 0.5) is 8.78 Å². The average Bonchev–Trinajstić information content (AvgIpc) is 2.48. The second-order valence-electron chi connectivity index (χ2n) is 4.57. The minimum atomic E-state index is -0.450. The monoisotopic (exact) mass is 282 g/mol. The van der Waals surface area contributed by atoms with E-state index in [0.717, 1.165) is 0 Å². The minimum Gasteiger partial charge on any atom is -0.457 e. The first-order chi connectivity index (χ1) is 10.2. The van der Waals surface area contributed by atoms with E-state index in [4.69, 9.17) is 4.74 Å². The lowest BCUT2D eigenvalue weighted by Gasteiger charge is -2.08. The van der Waals surface area contributed by atoms with Crippen LogP contribution in [-0.4, -0.2) is 0 Å². The topological polar surface area (TPSA) is 9.23 Å². The van der Waals surface area contributed by atoms with Crippen LogP contribution in [0.25, 0.3) is 11.1 Å². The first-order valence-corrected chi connectivity index (χ1v) is 6.51. The minimum absolute atomic E-state index is 0.343. The summed E-state index contributed by atoms with van der Waals surface area (Å²) in [6.07, 6.45) is 0. The van der Waals surface area contributed by atoms with E-state index in [9.17, 15) is 8.78 Å². The fourth-order valence-electron chi connectivity index (χ4n) is 2.07. The Balaban J connectivity index is 1.90. The Morgan fingerprint density at radius 1 is 0.667 bits per heavy atom. The highest BCUT2D eigenvalue weighted by Gasteiger charge is 2.08. The molecule has 0 spiro atoms. The molecule has 0 saturated carbocycles. The number of para-hydroxylation sites is 1. The van der Waals surface area contributed by atoms with Crippen LogP contribution in [0.5, 0.6) is 11.5 Å². The maximum absolute atomic E-state index is 14.2. The summed E-state index contributed by atoms with van der Waals surface area (Å²) >= 11 is 0. The third-order valence-corrected chi connectivity index (χ3v) is 3.06. The smallest absolute Gasteiger partial charge is 0.134 e. The van der Waals surface area contributed by atoms with Crippen molar-refractivity contribution >= 4 is 0 Å². The van der Waals surface area contributed by atoms with Crippen molar-refractivity contribution in [2.24, 2.45) is 0 Å². The van der Waals surface area contributed by atoms with Crippen molar-refractivity contribution in [3.8, 4) is 22.6 Å². The van der Waals surface area contributed by atoms with Gasteiger partial charge in [-0.1, -0.05) is 30.3 Å². The van der Waals surface area contributed by atoms with Gasteiger partial charge < -0.3 is 4.74 Å². The molecular weight excluding hydrogens is 270 g/mol. The Kier molecular flexibility index (Phi) is 3.65. The van der Waals surface area contributed by atoms with E-state index in [1.54, 1.807) is 36.4 Å². The molecule has 3 rings (SSSR count). The molecule has 3 aromatic carbocycles. The van der Waals surface area contributed by atoms with Crippen molar-refractivity contribution in [2.45, 2.75) is 0 Å². The number of benzene rings is 3. The Morgan fingerprint density at radius 2 is 1.48 bits per heavy atom. The zero-order valence-electron chi connectivity index (χ0n) is 11.1. The second-order valence-corrected chi connectivity index (χ2v) is 4.57. The number of rotatable bonds is 3. The molecule has 21 heavy (non-hydrogen) atoms. The number of hydrogen-bond donors (Lipinski definition) is 0. The van der Waals surface area contributed by atoms with Gasteiger partial charge in [-0.2, -0.15) is 0 Å². The van der Waals surface area contributed by atoms with Crippen LogP contribution in [0.15, 0.2) is 72.8 Å². The molecule has 0 aliphatic carbocycles. The van der Waals surface area contributed by atoms with Gasteiger partial charge in [0, 0.05) is 11.6 Å². The number of ether oxygens (including phenoxy) is 1. The maximum Gasteiger partial charge on any atom is 0.134 e. The van der Waals surface area contributed by atoms with E-state index in [1.165, 1.54) is 18.2 Å². The van der Waals surface area contributed by atoms with Crippen LogP contribution in [0, 0.1) is 11.6 Å². The largest absolute Gasteiger partial charge is 0.457 e. The summed E-state index contributed by atoms with van der Waals surface area (Å²) in [7, 11) is 0. The van der Waals surface area contributed by atoms with Crippen molar-refractivity contribution in [1.82, 2.24) is 0 Å². The van der Waals surface area contributed by atoms with Crippen LogP contribution in [0.3, 0.4) is 0 Å².